The summed E-state index contributed by atoms with van der Waals surface area (Å²) in [6.45, 7) is -0.680. The summed E-state index contributed by atoms with van der Waals surface area (Å²) in [5, 5.41) is 5.17. The lowest BCUT2D eigenvalue weighted by atomic mass is 9.99. The average molecular weight is 613 g/mol. The fraction of sp³-hybridized carbons (Fsp3) is 0.357. The summed E-state index contributed by atoms with van der Waals surface area (Å²) in [6.07, 6.45) is 11.6. The Morgan fingerprint density at radius 1 is 0.795 bits per heavy atom. The number of imidazole rings is 2. The molecule has 0 fully saturated rings. The van der Waals surface area contributed by atoms with E-state index in [4.69, 9.17) is 34.8 Å². The van der Waals surface area contributed by atoms with E-state index in [2.05, 4.69) is 36.5 Å². The third-order valence-electron chi connectivity index (χ3n) is 6.05. The van der Waals surface area contributed by atoms with Gasteiger partial charge in [0.2, 0.25) is 0 Å². The number of aromatic amines is 2. The molecule has 0 radical (unpaired) electrons. The van der Waals surface area contributed by atoms with Crippen molar-refractivity contribution in [1.29, 1.82) is 0 Å². The summed E-state index contributed by atoms with van der Waals surface area (Å²) in [5.41, 5.74) is 0.451. The number of terminal acetylenes is 1. The fourth-order valence-corrected chi connectivity index (χ4v) is 4.03. The first-order chi connectivity index (χ1) is 21.3. The first-order valence-electron chi connectivity index (χ1n) is 12.9. The highest BCUT2D eigenvalue weighted by molar-refractivity contribution is 6.06. The highest BCUT2D eigenvalue weighted by atomic mass is 16.7. The SMILES string of the molecule is C#Cc1c(OCOC)c(C(=O)N[C@@H](Cc2cnc[nH]2)C(=O)OC)cc(C(=O)N[C@H](Cc2cnc[nH]2)C(=O)OC)c1OCOC. The van der Waals surface area contributed by atoms with Gasteiger partial charge in [-0.1, -0.05) is 5.92 Å². The van der Waals surface area contributed by atoms with E-state index in [1.807, 2.05) is 0 Å². The molecule has 2 heterocycles. The zero-order valence-electron chi connectivity index (χ0n) is 24.4. The van der Waals surface area contributed by atoms with Gasteiger partial charge in [0.05, 0.1) is 38.0 Å². The molecule has 0 unspecified atom stereocenters. The van der Waals surface area contributed by atoms with E-state index in [1.165, 1.54) is 53.5 Å². The molecule has 16 heteroatoms. The number of benzene rings is 1. The van der Waals surface area contributed by atoms with Crippen molar-refractivity contribution in [3.05, 3.63) is 59.2 Å². The Kier molecular flexibility index (Phi) is 12.3. The first kappa shape index (κ1) is 33.1. The number of rotatable bonds is 16. The second kappa shape index (κ2) is 16.3. The minimum Gasteiger partial charge on any atom is -0.467 e. The van der Waals surface area contributed by atoms with E-state index in [0.717, 1.165) is 6.07 Å². The normalized spacial score (nSPS) is 11.9. The van der Waals surface area contributed by atoms with E-state index in [-0.39, 0.29) is 54.6 Å². The van der Waals surface area contributed by atoms with Gasteiger partial charge in [-0.3, -0.25) is 9.59 Å². The van der Waals surface area contributed by atoms with E-state index in [1.54, 1.807) is 0 Å². The molecule has 0 spiro atoms. The van der Waals surface area contributed by atoms with E-state index < -0.39 is 35.8 Å². The van der Waals surface area contributed by atoms with Crippen molar-refractivity contribution in [2.24, 2.45) is 0 Å². The largest absolute Gasteiger partial charge is 0.467 e. The summed E-state index contributed by atoms with van der Waals surface area (Å²) >= 11 is 0. The molecule has 0 aliphatic carbocycles. The minimum absolute atomic E-state index is 0.00541. The lowest BCUT2D eigenvalue weighted by Crippen LogP contribution is -2.44. The monoisotopic (exact) mass is 612 g/mol. The second-order valence-corrected chi connectivity index (χ2v) is 8.91. The number of carbonyl (C=O) groups is 4. The molecule has 0 bridgehead atoms. The Morgan fingerprint density at radius 2 is 1.23 bits per heavy atom. The molecule has 0 saturated carbocycles. The topological polar surface area (TPSA) is 205 Å². The number of esters is 2. The van der Waals surface area contributed by atoms with Crippen LogP contribution in [0.2, 0.25) is 0 Å². The van der Waals surface area contributed by atoms with Crippen molar-refractivity contribution < 1.29 is 47.6 Å². The molecule has 0 aliphatic heterocycles. The maximum absolute atomic E-state index is 13.7. The highest BCUT2D eigenvalue weighted by Crippen LogP contribution is 2.36. The van der Waals surface area contributed by atoms with Crippen LogP contribution in [0.25, 0.3) is 0 Å². The van der Waals surface area contributed by atoms with Crippen molar-refractivity contribution in [3.8, 4) is 23.8 Å². The Labute approximate surface area is 252 Å². The molecule has 44 heavy (non-hydrogen) atoms. The number of carbonyl (C=O) groups excluding carboxylic acids is 4. The molecule has 0 saturated heterocycles. The van der Waals surface area contributed by atoms with Crippen molar-refractivity contribution in [2.45, 2.75) is 24.9 Å². The molecule has 0 aliphatic rings. The van der Waals surface area contributed by atoms with Gasteiger partial charge in [0, 0.05) is 50.8 Å². The maximum atomic E-state index is 13.7. The molecule has 3 aromatic rings. The zero-order valence-corrected chi connectivity index (χ0v) is 24.4. The molecule has 4 N–H and O–H groups in total. The van der Waals surface area contributed by atoms with Crippen LogP contribution in [0.3, 0.4) is 0 Å². The van der Waals surface area contributed by atoms with E-state index >= 15 is 0 Å². The second-order valence-electron chi connectivity index (χ2n) is 8.91. The van der Waals surface area contributed by atoms with Crippen LogP contribution in [0.15, 0.2) is 31.1 Å². The number of nitrogens with zero attached hydrogens (tertiary/aromatic N) is 2. The van der Waals surface area contributed by atoms with Crippen LogP contribution in [0, 0.1) is 12.3 Å². The number of hydrogen-bond donors (Lipinski definition) is 4. The van der Waals surface area contributed by atoms with Crippen LogP contribution in [0.1, 0.15) is 37.7 Å². The Hall–Kier alpha value is -5.40. The first-order valence-corrected chi connectivity index (χ1v) is 12.9. The van der Waals surface area contributed by atoms with Gasteiger partial charge >= 0.3 is 11.9 Å². The number of methoxy groups -OCH3 is 4. The number of nitrogens with one attached hydrogen (secondary N) is 4. The average Bonchev–Trinajstić information content (AvgIpc) is 3.75. The van der Waals surface area contributed by atoms with Crippen LogP contribution >= 0.6 is 0 Å². The minimum atomic E-state index is -1.17. The molecule has 2 amide bonds. The summed E-state index contributed by atoms with van der Waals surface area (Å²) in [5.74, 6) is -1.17. The van der Waals surface area contributed by atoms with Crippen LogP contribution in [0.5, 0.6) is 11.5 Å². The number of amides is 2. The predicted molar refractivity (Wildman–Crippen MR) is 151 cm³/mol. The Balaban J connectivity index is 2.11. The maximum Gasteiger partial charge on any atom is 0.328 e. The van der Waals surface area contributed by atoms with Gasteiger partial charge in [-0.15, -0.1) is 6.42 Å². The van der Waals surface area contributed by atoms with Gasteiger partial charge < -0.3 is 49.0 Å². The fourth-order valence-electron chi connectivity index (χ4n) is 4.03. The van der Waals surface area contributed by atoms with E-state index in [9.17, 15) is 19.2 Å². The Bertz CT molecular complexity index is 1370. The number of H-pyrrole nitrogens is 2. The predicted octanol–water partition coefficient (Wildman–Crippen LogP) is 0.108. The number of hydrogen-bond acceptors (Lipinski definition) is 12. The van der Waals surface area contributed by atoms with Crippen molar-refractivity contribution in [3.63, 3.8) is 0 Å². The molecular weight excluding hydrogens is 580 g/mol. The van der Waals surface area contributed by atoms with Crippen molar-refractivity contribution in [1.82, 2.24) is 30.6 Å². The van der Waals surface area contributed by atoms with Crippen molar-refractivity contribution in [2.75, 3.05) is 42.0 Å². The summed E-state index contributed by atoms with van der Waals surface area (Å²) in [4.78, 5) is 66.1. The molecule has 2 atom stereocenters. The molecule has 2 aromatic heterocycles. The van der Waals surface area contributed by atoms with Gasteiger partial charge in [-0.2, -0.15) is 0 Å². The zero-order chi connectivity index (χ0) is 32.1. The summed E-state index contributed by atoms with van der Waals surface area (Å²) in [6, 6.07) is -1.19. The number of ether oxygens (including phenoxy) is 6. The van der Waals surface area contributed by atoms with E-state index in [0.29, 0.717) is 11.4 Å². The quantitative estimate of drug-likeness (QED) is 0.0966. The van der Waals surface area contributed by atoms with Gasteiger partial charge in [-0.05, 0) is 6.07 Å². The molecule has 1 aromatic carbocycles. The molecule has 234 valence electrons. The molecular formula is C28H32N6O10. The van der Waals surface area contributed by atoms with Crippen LogP contribution in [-0.4, -0.2) is 97.8 Å². The van der Waals surface area contributed by atoms with Gasteiger partial charge in [0.15, 0.2) is 25.1 Å². The number of aromatic nitrogens is 4. The summed E-state index contributed by atoms with van der Waals surface area (Å²) < 4.78 is 31.1. The molecule has 3 rings (SSSR count). The smallest absolute Gasteiger partial charge is 0.328 e. The highest BCUT2D eigenvalue weighted by Gasteiger charge is 2.32. The van der Waals surface area contributed by atoms with Gasteiger partial charge in [-0.25, -0.2) is 19.6 Å². The standard InChI is InChI=1S/C28H32N6O10/c1-6-18-23(43-14-39-2)19(25(35)33-21(27(37)41-4)7-16-10-29-12-31-16)9-20(24(18)44-15-40-3)26(36)34-22(28(38)42-5)8-17-11-30-13-32-17/h1,9-13,21-22H,7-8,14-15H2,2-5H3,(H,29,31)(H,30,32)(H,33,35)(H,34,36)/t21-,22+. The van der Waals surface area contributed by atoms with Crippen LogP contribution in [-0.2, 0) is 41.4 Å². The van der Waals surface area contributed by atoms with Gasteiger partial charge in [0.1, 0.15) is 17.6 Å². The third kappa shape index (κ3) is 8.33. The van der Waals surface area contributed by atoms with Crippen LogP contribution in [0.4, 0.5) is 0 Å². The molecule has 16 nitrogen and oxygen atoms in total. The lowest BCUT2D eigenvalue weighted by molar-refractivity contribution is -0.143. The lowest BCUT2D eigenvalue weighted by Gasteiger charge is -2.22. The van der Waals surface area contributed by atoms with Crippen molar-refractivity contribution >= 4 is 23.8 Å². The van der Waals surface area contributed by atoms with Crippen LogP contribution < -0.4 is 20.1 Å². The third-order valence-corrected chi connectivity index (χ3v) is 6.05. The summed E-state index contributed by atoms with van der Waals surface area (Å²) in [7, 11) is 5.04. The van der Waals surface area contributed by atoms with Gasteiger partial charge in [0.25, 0.3) is 11.8 Å². The Morgan fingerprint density at radius 3 is 1.55 bits per heavy atom.